The van der Waals surface area contributed by atoms with Crippen molar-refractivity contribution in [2.75, 3.05) is 7.11 Å². The van der Waals surface area contributed by atoms with Crippen molar-refractivity contribution in [1.82, 2.24) is 105 Å². The summed E-state index contributed by atoms with van der Waals surface area (Å²) in [6.45, 7) is 30.0. The first-order chi connectivity index (χ1) is 46.8. The molecule has 0 bridgehead atoms. The van der Waals surface area contributed by atoms with Gasteiger partial charge in [-0.3, -0.25) is 0 Å². The normalized spacial score (nSPS) is 11.1. The van der Waals surface area contributed by atoms with E-state index in [2.05, 4.69) is 159 Å². The summed E-state index contributed by atoms with van der Waals surface area (Å²) in [6, 6.07) is 23.6. The first-order valence-electron chi connectivity index (χ1n) is 30.3. The van der Waals surface area contributed by atoms with Crippen LogP contribution in [0.2, 0.25) is 0 Å². The molecular weight excluding hydrogens is 1530 g/mol. The van der Waals surface area contributed by atoms with Gasteiger partial charge in [-0.2, -0.15) is 0 Å². The molecule has 516 valence electrons. The zero-order valence-electron chi connectivity index (χ0n) is 57.8. The van der Waals surface area contributed by atoms with E-state index in [1.807, 2.05) is 212 Å². The van der Waals surface area contributed by atoms with Gasteiger partial charge < -0.3 is 9.15 Å². The lowest BCUT2D eigenvalue weighted by atomic mass is 10.1. The van der Waals surface area contributed by atoms with Crippen LogP contribution in [0.5, 0.6) is 5.75 Å². The molecule has 0 saturated carbocycles. The molecule has 0 aliphatic carbocycles. The minimum Gasteiger partial charge on any atom is -0.497 e. The molecule has 11 rings (SSSR count). The number of hydrogen-bond donors (Lipinski definition) is 0. The molecule has 0 saturated heterocycles. The highest BCUT2D eigenvalue weighted by Crippen LogP contribution is 2.42. The van der Waals surface area contributed by atoms with E-state index in [4.69, 9.17) is 44.0 Å². The predicted molar refractivity (Wildman–Crippen MR) is 405 cm³/mol. The Morgan fingerprint density at radius 3 is 1.17 bits per heavy atom. The molecule has 0 N–H and O–H groups in total. The monoisotopic (exact) mass is 1600 g/mol. The highest BCUT2D eigenvalue weighted by molar-refractivity contribution is 9.38. The lowest BCUT2D eigenvalue weighted by Crippen LogP contribution is -2.11. The van der Waals surface area contributed by atoms with Crippen molar-refractivity contribution in [3.63, 3.8) is 0 Å². The Morgan fingerprint density at radius 2 is 0.778 bits per heavy atom. The number of nitrogens with zero attached hydrogens (tertiary/aromatic N) is 21. The number of aryl methyl sites for hydroxylation is 16. The second-order valence-electron chi connectivity index (χ2n) is 20.8. The Kier molecular flexibility index (Phi) is 33.3. The molecule has 0 radical (unpaired) electrons. The number of rotatable bonds is 10. The fourth-order valence-corrected chi connectivity index (χ4v) is 9.52. The van der Waals surface area contributed by atoms with Gasteiger partial charge in [-0.1, -0.05) is 144 Å². The van der Waals surface area contributed by atoms with Gasteiger partial charge in [0, 0.05) is 11.3 Å². The van der Waals surface area contributed by atoms with Crippen LogP contribution in [0, 0.1) is 104 Å². The number of thiophene rings is 1. The number of methoxy groups -OCH3 is 1. The zero-order chi connectivity index (χ0) is 72.8. The van der Waals surface area contributed by atoms with Crippen LogP contribution in [-0.4, -0.2) is 112 Å². The Bertz CT molecular complexity index is 4240. The molecule has 9 heterocycles. The summed E-state index contributed by atoms with van der Waals surface area (Å²) in [5, 5.41) is 2.05. The maximum atomic E-state index is 5.80. The van der Waals surface area contributed by atoms with Gasteiger partial charge in [-0.05, 0) is 193 Å². The number of hydrogen-bond acceptors (Lipinski definition) is 24. The second-order valence-corrected chi connectivity index (χ2v) is 30.9. The SMILES string of the molecule is CCc1nc(C)nc(C)n1.COc1ccc(/C=C/c2nc(C)nc(C)n2)cc1.Cc1nc(/C=C/c2ccccc2C)nc(C(Cl)(Cl)Cl)n1.Cc1nc(C)nc(/C=C/c2ccco2)n1.Cc1nc(C)nc(/C=C/c2cccs2)n1.Cc1nc(C)nc(C(Br)(Br)Br)n1.Cc1nc(C)nc(C)n1. The van der Waals surface area contributed by atoms with Crippen molar-refractivity contribution < 1.29 is 9.15 Å². The molecular formula is C69H75Br3Cl3N21O2S. The van der Waals surface area contributed by atoms with Crippen LogP contribution in [0.3, 0.4) is 0 Å². The summed E-state index contributed by atoms with van der Waals surface area (Å²) in [6.07, 6.45) is 17.6. The molecule has 2 aromatic carbocycles. The van der Waals surface area contributed by atoms with Gasteiger partial charge >= 0.3 is 0 Å². The van der Waals surface area contributed by atoms with E-state index in [0.29, 0.717) is 46.6 Å². The van der Waals surface area contributed by atoms with Crippen LogP contribution in [0.15, 0.2) is 88.9 Å². The maximum absolute atomic E-state index is 5.80. The molecule has 0 aliphatic rings. The summed E-state index contributed by atoms with van der Waals surface area (Å²) >= 11 is 29.1. The lowest BCUT2D eigenvalue weighted by Gasteiger charge is -2.10. The minimum absolute atomic E-state index is 0.124. The lowest BCUT2D eigenvalue weighted by molar-refractivity contribution is 0.415. The molecule has 11 aromatic rings. The van der Waals surface area contributed by atoms with Crippen LogP contribution in [0.4, 0.5) is 0 Å². The number of furan rings is 1. The van der Waals surface area contributed by atoms with Gasteiger partial charge in [-0.25, -0.2) is 105 Å². The van der Waals surface area contributed by atoms with Gasteiger partial charge in [0.25, 0.3) is 0 Å². The van der Waals surface area contributed by atoms with Crippen molar-refractivity contribution in [2.24, 2.45) is 0 Å². The summed E-state index contributed by atoms with van der Waals surface area (Å²) in [5.74, 6) is 16.1. The number of alkyl halides is 6. The highest BCUT2D eigenvalue weighted by atomic mass is 80.0. The quantitative estimate of drug-likeness (QED) is 0.115. The number of halogens is 6. The molecule has 0 unspecified atom stereocenters. The van der Waals surface area contributed by atoms with Gasteiger partial charge in [0.1, 0.15) is 98.9 Å². The van der Waals surface area contributed by atoms with Crippen LogP contribution >= 0.6 is 93.9 Å². The third kappa shape index (κ3) is 32.0. The third-order valence-electron chi connectivity index (χ3n) is 12.0. The molecule has 23 nitrogen and oxygen atoms in total. The molecule has 0 aliphatic heterocycles. The zero-order valence-corrected chi connectivity index (χ0v) is 65.6. The van der Waals surface area contributed by atoms with Crippen LogP contribution < -0.4 is 4.74 Å². The Morgan fingerprint density at radius 1 is 0.394 bits per heavy atom. The van der Waals surface area contributed by atoms with Crippen molar-refractivity contribution in [1.29, 1.82) is 0 Å². The third-order valence-corrected chi connectivity index (χ3v) is 14.4. The Hall–Kier alpha value is -8.44. The van der Waals surface area contributed by atoms with Crippen molar-refractivity contribution in [2.45, 2.75) is 123 Å². The van der Waals surface area contributed by atoms with Gasteiger partial charge in [-0.15, -0.1) is 11.3 Å². The van der Waals surface area contributed by atoms with Crippen molar-refractivity contribution in [3.8, 4) is 5.75 Å². The van der Waals surface area contributed by atoms with Crippen molar-refractivity contribution in [3.05, 3.63) is 234 Å². The molecule has 0 spiro atoms. The molecule has 0 amide bonds. The van der Waals surface area contributed by atoms with Crippen LogP contribution in [0.25, 0.3) is 48.6 Å². The largest absolute Gasteiger partial charge is 0.497 e. The topological polar surface area (TPSA) is 293 Å². The smallest absolute Gasteiger partial charge is 0.250 e. The van der Waals surface area contributed by atoms with E-state index in [1.165, 1.54) is 4.88 Å². The average Bonchev–Trinajstić information content (AvgIpc) is 1.53. The average molecular weight is 1610 g/mol. The molecule has 0 atom stereocenters. The number of ether oxygens (including phenoxy) is 1. The summed E-state index contributed by atoms with van der Waals surface area (Å²) < 4.78 is 8.06. The predicted octanol–water partition coefficient (Wildman–Crippen LogP) is 16.8. The van der Waals surface area contributed by atoms with Crippen LogP contribution in [0.1, 0.15) is 157 Å². The first-order valence-corrected chi connectivity index (χ1v) is 34.7. The summed E-state index contributed by atoms with van der Waals surface area (Å²) in [4.78, 5) is 88.0. The fourth-order valence-electron chi connectivity index (χ4n) is 8.12. The van der Waals surface area contributed by atoms with Gasteiger partial charge in [0.05, 0.1) is 13.4 Å². The molecule has 0 fully saturated rings. The molecule has 30 heteroatoms. The van der Waals surface area contributed by atoms with E-state index in [-0.39, 0.29) is 5.82 Å². The van der Waals surface area contributed by atoms with E-state index < -0.39 is 5.94 Å². The highest BCUT2D eigenvalue weighted by Gasteiger charge is 2.28. The molecule has 9 aromatic heterocycles. The Balaban J connectivity index is 0.000000211. The fraction of sp³-hybridized carbons (Fsp3) is 0.290. The van der Waals surface area contributed by atoms with Gasteiger partial charge in [0.2, 0.25) is 3.79 Å². The van der Waals surface area contributed by atoms with E-state index in [1.54, 1.807) is 43.8 Å². The summed E-state index contributed by atoms with van der Waals surface area (Å²) in [7, 11) is 1.65. The maximum Gasteiger partial charge on any atom is 0.250 e. The van der Waals surface area contributed by atoms with Crippen LogP contribution in [-0.2, 0) is 12.4 Å². The first kappa shape index (κ1) is 81.2. The van der Waals surface area contributed by atoms with E-state index >= 15 is 0 Å². The van der Waals surface area contributed by atoms with E-state index in [9.17, 15) is 0 Å². The molecule has 99 heavy (non-hydrogen) atoms. The second kappa shape index (κ2) is 40.6. The number of aromatic nitrogens is 21. The van der Waals surface area contributed by atoms with Crippen molar-refractivity contribution >= 4 is 143 Å². The van der Waals surface area contributed by atoms with Gasteiger partial charge in [0.15, 0.2) is 37.1 Å². The standard InChI is InChI=1S/C14H12Cl3N3.C14H15N3O.C11H11N3O.C11H11N3S.C7H11N3.C6H6Br3N3.C6H9N3/c1-9-5-3-4-6-11(9)7-8-12-18-10(2)19-13(20-12)14(15,16)17;1-10-15-11(2)17-14(16-10)9-6-12-4-7-13(18-3)8-5-12;2*1-8-12-9(2)14-11(13-8)6-5-10-4-3-7-15-10;1-4-7-9-5(2)8-6(3)10-7;1-3-10-4(2)12-5(11-3)6(7,8)9;1-4-7-5(2)9-6(3)8-4/h3-8H,1-2H3;4-9H,1-3H3;2*3-7H,1-2H3;4H2,1-3H3;1-2H3;1-3H3/b8-7+;9-6+;2*6-5+;;;. The Labute approximate surface area is 621 Å². The minimum atomic E-state index is -1.65. The van der Waals surface area contributed by atoms with E-state index in [0.717, 1.165) is 105 Å². The number of benzene rings is 2. The summed E-state index contributed by atoms with van der Waals surface area (Å²) in [5.41, 5.74) is 3.32.